The zero-order valence-corrected chi connectivity index (χ0v) is 11.9. The van der Waals surface area contributed by atoms with Gasteiger partial charge in [0.05, 0.1) is 4.92 Å². The molecule has 1 aromatic carbocycles. The Bertz CT molecular complexity index is 666. The van der Waals surface area contributed by atoms with Crippen LogP contribution in [-0.4, -0.2) is 14.9 Å². The predicted octanol–water partition coefficient (Wildman–Crippen LogP) is 3.64. The largest absolute Gasteiger partial charge is 0.432 e. The number of aryl methyl sites for hydroxylation is 1. The van der Waals surface area contributed by atoms with Crippen molar-refractivity contribution in [2.75, 3.05) is 0 Å². The highest BCUT2D eigenvalue weighted by molar-refractivity contribution is 9.10. The molecule has 2 rings (SSSR count). The third-order valence-electron chi connectivity index (χ3n) is 2.37. The quantitative estimate of drug-likeness (QED) is 0.482. The molecule has 0 saturated carbocycles. The van der Waals surface area contributed by atoms with Gasteiger partial charge in [0.25, 0.3) is 0 Å². The van der Waals surface area contributed by atoms with E-state index in [4.69, 9.17) is 4.74 Å². The fourth-order valence-corrected chi connectivity index (χ4v) is 1.89. The number of aromatic nitrogens is 2. The van der Waals surface area contributed by atoms with Crippen molar-refractivity contribution in [3.63, 3.8) is 0 Å². The van der Waals surface area contributed by atoms with Gasteiger partial charge >= 0.3 is 5.69 Å². The number of nitro groups is 1. The van der Waals surface area contributed by atoms with E-state index in [-0.39, 0.29) is 17.3 Å². The SMILES string of the molecule is CCc1nc(Br)cc(Oc2cc(F)ccc2[N+](=O)[O-])n1. The summed E-state index contributed by atoms with van der Waals surface area (Å²) >= 11 is 3.19. The monoisotopic (exact) mass is 341 g/mol. The molecule has 8 heteroatoms. The minimum Gasteiger partial charge on any atom is -0.432 e. The van der Waals surface area contributed by atoms with Gasteiger partial charge in [0, 0.05) is 24.6 Å². The second kappa shape index (κ2) is 5.91. The number of hydrogen-bond donors (Lipinski definition) is 0. The van der Waals surface area contributed by atoms with Crippen LogP contribution in [-0.2, 0) is 6.42 Å². The third kappa shape index (κ3) is 3.27. The first-order chi connectivity index (χ1) is 9.49. The number of halogens is 2. The van der Waals surface area contributed by atoms with E-state index in [0.29, 0.717) is 16.8 Å². The topological polar surface area (TPSA) is 78.2 Å². The Hall–Kier alpha value is -2.09. The Morgan fingerprint density at radius 2 is 2.15 bits per heavy atom. The minimum absolute atomic E-state index is 0.109. The van der Waals surface area contributed by atoms with Gasteiger partial charge < -0.3 is 4.74 Å². The molecular weight excluding hydrogens is 333 g/mol. The molecule has 0 saturated heterocycles. The highest BCUT2D eigenvalue weighted by atomic mass is 79.9. The molecule has 0 amide bonds. The van der Waals surface area contributed by atoms with Crippen molar-refractivity contribution >= 4 is 21.6 Å². The lowest BCUT2D eigenvalue weighted by Crippen LogP contribution is -1.99. The van der Waals surface area contributed by atoms with Crippen molar-refractivity contribution < 1.29 is 14.1 Å². The number of ether oxygens (including phenoxy) is 1. The van der Waals surface area contributed by atoms with E-state index >= 15 is 0 Å². The van der Waals surface area contributed by atoms with Crippen molar-refractivity contribution in [3.8, 4) is 11.6 Å². The van der Waals surface area contributed by atoms with Crippen LogP contribution in [0, 0.1) is 15.9 Å². The van der Waals surface area contributed by atoms with Crippen LogP contribution in [0.2, 0.25) is 0 Å². The van der Waals surface area contributed by atoms with Gasteiger partial charge in [0.1, 0.15) is 16.2 Å². The molecule has 6 nitrogen and oxygen atoms in total. The average molecular weight is 342 g/mol. The minimum atomic E-state index is -0.647. The molecule has 0 aliphatic rings. The molecule has 104 valence electrons. The van der Waals surface area contributed by atoms with Crippen molar-refractivity contribution in [1.82, 2.24) is 9.97 Å². The van der Waals surface area contributed by atoms with E-state index in [0.717, 1.165) is 18.2 Å². The maximum atomic E-state index is 13.2. The Balaban J connectivity index is 2.41. The molecule has 20 heavy (non-hydrogen) atoms. The lowest BCUT2D eigenvalue weighted by Gasteiger charge is -2.07. The fourth-order valence-electron chi connectivity index (χ4n) is 1.49. The molecule has 0 bridgehead atoms. The molecule has 0 radical (unpaired) electrons. The molecular formula is C12H9BrFN3O3. The molecule has 0 fully saturated rings. The summed E-state index contributed by atoms with van der Waals surface area (Å²) in [6.45, 7) is 1.86. The van der Waals surface area contributed by atoms with Crippen molar-refractivity contribution in [3.05, 3.63) is 50.6 Å². The number of rotatable bonds is 4. The van der Waals surface area contributed by atoms with Crippen LogP contribution in [0.4, 0.5) is 10.1 Å². The molecule has 1 aromatic heterocycles. The van der Waals surface area contributed by atoms with E-state index in [1.165, 1.54) is 6.07 Å². The number of hydrogen-bond acceptors (Lipinski definition) is 5. The Labute approximate surface area is 121 Å². The van der Waals surface area contributed by atoms with Gasteiger partial charge in [-0.25, -0.2) is 9.37 Å². The molecule has 0 unspecified atom stereocenters. The van der Waals surface area contributed by atoms with Crippen LogP contribution in [0.15, 0.2) is 28.9 Å². The molecule has 0 aliphatic carbocycles. The molecule has 2 aromatic rings. The first kappa shape index (κ1) is 14.3. The Morgan fingerprint density at radius 1 is 1.40 bits per heavy atom. The highest BCUT2D eigenvalue weighted by Gasteiger charge is 2.17. The first-order valence-electron chi connectivity index (χ1n) is 5.65. The van der Waals surface area contributed by atoms with Gasteiger partial charge in [0.2, 0.25) is 11.6 Å². The summed E-state index contributed by atoms with van der Waals surface area (Å²) in [6, 6.07) is 4.44. The summed E-state index contributed by atoms with van der Waals surface area (Å²) in [5, 5.41) is 10.9. The summed E-state index contributed by atoms with van der Waals surface area (Å²) in [4.78, 5) is 18.4. The van der Waals surface area contributed by atoms with E-state index in [1.807, 2.05) is 6.92 Å². The Morgan fingerprint density at radius 3 is 2.80 bits per heavy atom. The number of nitrogens with zero attached hydrogens (tertiary/aromatic N) is 3. The highest BCUT2D eigenvalue weighted by Crippen LogP contribution is 2.31. The number of nitro benzene ring substituents is 1. The lowest BCUT2D eigenvalue weighted by molar-refractivity contribution is -0.385. The second-order valence-electron chi connectivity index (χ2n) is 3.77. The van der Waals surface area contributed by atoms with Gasteiger partial charge in [-0.3, -0.25) is 10.1 Å². The predicted molar refractivity (Wildman–Crippen MR) is 72.2 cm³/mol. The molecule has 0 N–H and O–H groups in total. The normalized spacial score (nSPS) is 10.3. The standard InChI is InChI=1S/C12H9BrFN3O3/c1-2-11-15-10(13)6-12(16-11)20-9-5-7(14)3-4-8(9)17(18)19/h3-6H,2H2,1H3. The summed E-state index contributed by atoms with van der Waals surface area (Å²) in [5.74, 6) is -0.219. The average Bonchev–Trinajstić information content (AvgIpc) is 2.37. The number of benzene rings is 1. The molecule has 1 heterocycles. The van der Waals surface area contributed by atoms with E-state index in [1.54, 1.807) is 0 Å². The van der Waals surface area contributed by atoms with Gasteiger partial charge in [0.15, 0.2) is 0 Å². The lowest BCUT2D eigenvalue weighted by atomic mass is 10.3. The summed E-state index contributed by atoms with van der Waals surface area (Å²) in [7, 11) is 0. The molecule has 0 aliphatic heterocycles. The van der Waals surface area contributed by atoms with E-state index in [2.05, 4.69) is 25.9 Å². The summed E-state index contributed by atoms with van der Waals surface area (Å²) < 4.78 is 19.0. The smallest absolute Gasteiger partial charge is 0.311 e. The van der Waals surface area contributed by atoms with Crippen LogP contribution in [0.3, 0.4) is 0 Å². The van der Waals surface area contributed by atoms with Gasteiger partial charge in [-0.15, -0.1) is 0 Å². The summed E-state index contributed by atoms with van der Waals surface area (Å²) in [5.41, 5.74) is -0.334. The van der Waals surface area contributed by atoms with E-state index in [9.17, 15) is 14.5 Å². The fraction of sp³-hybridized carbons (Fsp3) is 0.167. The zero-order chi connectivity index (χ0) is 14.7. The van der Waals surface area contributed by atoms with Crippen LogP contribution >= 0.6 is 15.9 Å². The van der Waals surface area contributed by atoms with Gasteiger partial charge in [-0.2, -0.15) is 4.98 Å². The maximum absolute atomic E-state index is 13.2. The van der Waals surface area contributed by atoms with Crippen LogP contribution < -0.4 is 4.74 Å². The zero-order valence-electron chi connectivity index (χ0n) is 10.3. The third-order valence-corrected chi connectivity index (χ3v) is 2.77. The van der Waals surface area contributed by atoms with Gasteiger partial charge in [-0.1, -0.05) is 6.92 Å². The second-order valence-corrected chi connectivity index (χ2v) is 4.58. The van der Waals surface area contributed by atoms with Crippen LogP contribution in [0.1, 0.15) is 12.7 Å². The van der Waals surface area contributed by atoms with E-state index < -0.39 is 10.7 Å². The van der Waals surface area contributed by atoms with Crippen molar-refractivity contribution in [1.29, 1.82) is 0 Å². The van der Waals surface area contributed by atoms with Crippen LogP contribution in [0.5, 0.6) is 11.6 Å². The van der Waals surface area contributed by atoms with Crippen molar-refractivity contribution in [2.24, 2.45) is 0 Å². The summed E-state index contributed by atoms with van der Waals surface area (Å²) in [6.07, 6.45) is 0.570. The van der Waals surface area contributed by atoms with Crippen LogP contribution in [0.25, 0.3) is 0 Å². The maximum Gasteiger partial charge on any atom is 0.311 e. The van der Waals surface area contributed by atoms with Crippen molar-refractivity contribution in [2.45, 2.75) is 13.3 Å². The Kier molecular flexibility index (Phi) is 4.23. The van der Waals surface area contributed by atoms with Gasteiger partial charge in [-0.05, 0) is 22.0 Å². The first-order valence-corrected chi connectivity index (χ1v) is 6.44. The molecule has 0 spiro atoms. The molecule has 0 atom stereocenters.